The van der Waals surface area contributed by atoms with Gasteiger partial charge in [-0.2, -0.15) is 15.4 Å². The maximum Gasteiger partial charge on any atom is 0.505 e. The standard InChI is InChI=1S/C14H14N4O5/c1-8(2)23-14(19)16-13-12(7-15)17(20)11-6-9(22-3)4-5-10(11)18(13)21/h4-6,8H,1-3H3,(H,16,19). The highest BCUT2D eigenvalue weighted by Gasteiger charge is 2.30. The molecule has 1 N–H and O–H groups in total. The molecule has 9 nitrogen and oxygen atoms in total. The molecule has 0 saturated heterocycles. The second-order valence-corrected chi connectivity index (χ2v) is 4.83. The Labute approximate surface area is 131 Å². The second kappa shape index (κ2) is 6.23. The molecule has 1 aromatic heterocycles. The van der Waals surface area contributed by atoms with Crippen LogP contribution in [0, 0.1) is 21.7 Å². The predicted octanol–water partition coefficient (Wildman–Crippen LogP) is 0.944. The van der Waals surface area contributed by atoms with Gasteiger partial charge in [-0.1, -0.05) is 0 Å². The molecule has 0 aliphatic heterocycles. The Hall–Kier alpha value is -3.28. The van der Waals surface area contributed by atoms with Crippen molar-refractivity contribution < 1.29 is 23.7 Å². The van der Waals surface area contributed by atoms with Gasteiger partial charge in [0.25, 0.3) is 5.52 Å². The number of carbonyl (C=O) groups is 1. The van der Waals surface area contributed by atoms with Gasteiger partial charge in [0.1, 0.15) is 11.9 Å². The van der Waals surface area contributed by atoms with Gasteiger partial charge in [0, 0.05) is 0 Å². The highest BCUT2D eigenvalue weighted by molar-refractivity contribution is 5.84. The number of rotatable bonds is 3. The molecule has 0 aliphatic rings. The van der Waals surface area contributed by atoms with Crippen LogP contribution in [0.15, 0.2) is 18.2 Å². The summed E-state index contributed by atoms with van der Waals surface area (Å²) in [6.07, 6.45) is -1.36. The average molecular weight is 318 g/mol. The van der Waals surface area contributed by atoms with E-state index >= 15 is 0 Å². The minimum atomic E-state index is -0.936. The first kappa shape index (κ1) is 16.1. The minimum Gasteiger partial charge on any atom is -0.710 e. The molecule has 2 aromatic rings. The van der Waals surface area contributed by atoms with E-state index in [2.05, 4.69) is 5.32 Å². The van der Waals surface area contributed by atoms with Crippen molar-refractivity contribution in [2.24, 2.45) is 0 Å². The van der Waals surface area contributed by atoms with Crippen LogP contribution in [0.2, 0.25) is 0 Å². The highest BCUT2D eigenvalue weighted by atomic mass is 16.6. The zero-order valence-electron chi connectivity index (χ0n) is 12.7. The first-order chi connectivity index (χ1) is 10.9. The smallest absolute Gasteiger partial charge is 0.505 e. The number of nitriles is 1. The fourth-order valence-corrected chi connectivity index (χ4v) is 1.95. The molecule has 0 aliphatic carbocycles. The lowest BCUT2D eigenvalue weighted by atomic mass is 10.2. The number of amides is 1. The van der Waals surface area contributed by atoms with E-state index < -0.39 is 23.7 Å². The van der Waals surface area contributed by atoms with Crippen LogP contribution < -0.4 is 19.5 Å². The van der Waals surface area contributed by atoms with Crippen molar-refractivity contribution in [1.29, 1.82) is 5.26 Å². The van der Waals surface area contributed by atoms with Crippen LogP contribution >= 0.6 is 0 Å². The first-order valence-corrected chi connectivity index (χ1v) is 6.63. The highest BCUT2D eigenvalue weighted by Crippen LogP contribution is 2.18. The molecule has 120 valence electrons. The van der Waals surface area contributed by atoms with E-state index in [0.29, 0.717) is 10.5 Å². The van der Waals surface area contributed by atoms with Crippen molar-refractivity contribution >= 4 is 22.9 Å². The largest absolute Gasteiger partial charge is 0.710 e. The number of methoxy groups -OCH3 is 1. The fourth-order valence-electron chi connectivity index (χ4n) is 1.95. The van der Waals surface area contributed by atoms with E-state index in [1.807, 2.05) is 0 Å². The van der Waals surface area contributed by atoms with Crippen molar-refractivity contribution in [1.82, 2.24) is 0 Å². The van der Waals surface area contributed by atoms with E-state index in [-0.39, 0.29) is 15.8 Å². The Morgan fingerprint density at radius 2 is 2.00 bits per heavy atom. The quantitative estimate of drug-likeness (QED) is 0.663. The first-order valence-electron chi connectivity index (χ1n) is 6.63. The summed E-state index contributed by atoms with van der Waals surface area (Å²) in [5.74, 6) is -0.142. The molecule has 1 heterocycles. The molecular formula is C14H14N4O5. The number of nitrogens with zero attached hydrogens (tertiary/aromatic N) is 3. The topological polar surface area (TPSA) is 125 Å². The van der Waals surface area contributed by atoms with Gasteiger partial charge in [0.15, 0.2) is 6.07 Å². The number of anilines is 1. The number of hydrogen-bond acceptors (Lipinski definition) is 6. The second-order valence-electron chi connectivity index (χ2n) is 4.83. The monoisotopic (exact) mass is 318 g/mol. The van der Waals surface area contributed by atoms with Crippen LogP contribution in [0.3, 0.4) is 0 Å². The third-order valence-corrected chi connectivity index (χ3v) is 2.92. The predicted molar refractivity (Wildman–Crippen MR) is 78.4 cm³/mol. The fraction of sp³-hybridized carbons (Fsp3) is 0.286. The molecule has 0 atom stereocenters. The zero-order valence-corrected chi connectivity index (χ0v) is 12.7. The Morgan fingerprint density at radius 1 is 1.30 bits per heavy atom. The number of aromatic nitrogens is 2. The zero-order chi connectivity index (χ0) is 17.1. The molecule has 1 aromatic carbocycles. The van der Waals surface area contributed by atoms with Crippen LogP contribution in [-0.2, 0) is 4.74 Å². The van der Waals surface area contributed by atoms with Crippen molar-refractivity contribution in [2.75, 3.05) is 12.4 Å². The van der Waals surface area contributed by atoms with Gasteiger partial charge in [-0.3, -0.25) is 0 Å². The van der Waals surface area contributed by atoms with E-state index in [1.165, 1.54) is 25.3 Å². The molecule has 0 unspecified atom stereocenters. The molecule has 0 radical (unpaired) electrons. The third-order valence-electron chi connectivity index (χ3n) is 2.92. The van der Waals surface area contributed by atoms with Crippen LogP contribution in [0.5, 0.6) is 5.75 Å². The molecular weight excluding hydrogens is 304 g/mol. The third kappa shape index (κ3) is 3.01. The lowest BCUT2D eigenvalue weighted by Crippen LogP contribution is -2.44. The van der Waals surface area contributed by atoms with Crippen molar-refractivity contribution in [3.05, 3.63) is 34.3 Å². The Morgan fingerprint density at radius 3 is 2.57 bits per heavy atom. The van der Waals surface area contributed by atoms with Crippen molar-refractivity contribution in [3.63, 3.8) is 0 Å². The van der Waals surface area contributed by atoms with Crippen molar-refractivity contribution in [2.45, 2.75) is 20.0 Å². The SMILES string of the molecule is COc1ccc2c(c1)[n+]([O-])c(C#N)c(NC(=O)OC(C)C)[n+]2[O-]. The summed E-state index contributed by atoms with van der Waals surface area (Å²) in [5, 5.41) is 36.0. The van der Waals surface area contributed by atoms with Gasteiger partial charge in [0.2, 0.25) is 5.52 Å². The summed E-state index contributed by atoms with van der Waals surface area (Å²) in [7, 11) is 1.41. The molecule has 23 heavy (non-hydrogen) atoms. The number of fused-ring (bicyclic) bond motifs is 1. The Balaban J connectivity index is 2.63. The number of hydrogen-bond donors (Lipinski definition) is 1. The lowest BCUT2D eigenvalue weighted by molar-refractivity contribution is -0.620. The van der Waals surface area contributed by atoms with E-state index in [0.717, 1.165) is 0 Å². The molecule has 1 amide bonds. The van der Waals surface area contributed by atoms with Gasteiger partial charge in [-0.05, 0) is 26.0 Å². The van der Waals surface area contributed by atoms with Gasteiger partial charge in [-0.25, -0.2) is 4.73 Å². The number of benzene rings is 1. The van der Waals surface area contributed by atoms with Crippen LogP contribution in [0.4, 0.5) is 10.6 Å². The summed E-state index contributed by atoms with van der Waals surface area (Å²) < 4.78 is 10.4. The summed E-state index contributed by atoms with van der Waals surface area (Å²) in [4.78, 5) is 11.7. The van der Waals surface area contributed by atoms with Gasteiger partial charge < -0.3 is 19.9 Å². The summed E-state index contributed by atoms with van der Waals surface area (Å²) in [6.45, 7) is 3.24. The van der Waals surface area contributed by atoms with E-state index in [9.17, 15) is 15.2 Å². The van der Waals surface area contributed by atoms with Crippen LogP contribution in [0.1, 0.15) is 19.5 Å². The summed E-state index contributed by atoms with van der Waals surface area (Å²) in [5.41, 5.74) is -0.639. The minimum absolute atomic E-state index is 0.0281. The number of nitrogens with one attached hydrogen (secondary N) is 1. The normalized spacial score (nSPS) is 10.4. The Kier molecular flexibility index (Phi) is 4.36. The lowest BCUT2D eigenvalue weighted by Gasteiger charge is -2.13. The van der Waals surface area contributed by atoms with Gasteiger partial charge in [-0.15, -0.1) is 4.73 Å². The molecule has 9 heteroatoms. The van der Waals surface area contributed by atoms with E-state index in [1.54, 1.807) is 19.9 Å². The van der Waals surface area contributed by atoms with Gasteiger partial charge in [0.05, 0.1) is 13.2 Å². The van der Waals surface area contributed by atoms with E-state index in [4.69, 9.17) is 14.7 Å². The maximum atomic E-state index is 12.4. The molecule has 0 saturated carbocycles. The molecule has 0 fully saturated rings. The van der Waals surface area contributed by atoms with Crippen LogP contribution in [0.25, 0.3) is 11.0 Å². The summed E-state index contributed by atoms with van der Waals surface area (Å²) in [6, 6.07) is 5.78. The average Bonchev–Trinajstić information content (AvgIpc) is 2.51. The van der Waals surface area contributed by atoms with Gasteiger partial charge >= 0.3 is 17.6 Å². The molecule has 0 bridgehead atoms. The number of carbonyl (C=O) groups excluding carboxylic acids is 1. The maximum absolute atomic E-state index is 12.4. The van der Waals surface area contributed by atoms with Crippen LogP contribution in [-0.4, -0.2) is 19.3 Å². The van der Waals surface area contributed by atoms with Crippen molar-refractivity contribution in [3.8, 4) is 11.8 Å². The number of ether oxygens (including phenoxy) is 2. The summed E-state index contributed by atoms with van der Waals surface area (Å²) >= 11 is 0. The molecule has 0 spiro atoms. The molecule has 2 rings (SSSR count). The Bertz CT molecular complexity index is 813.